The van der Waals surface area contributed by atoms with Crippen molar-refractivity contribution in [3.8, 4) is 0 Å². The number of hydrogen-bond acceptors (Lipinski definition) is 3. The van der Waals surface area contributed by atoms with Crippen LogP contribution in [0.5, 0.6) is 0 Å². The zero-order valence-electron chi connectivity index (χ0n) is 9.49. The third-order valence-electron chi connectivity index (χ3n) is 2.12. The van der Waals surface area contributed by atoms with E-state index < -0.39 is 0 Å². The summed E-state index contributed by atoms with van der Waals surface area (Å²) < 4.78 is 0. The van der Waals surface area contributed by atoms with Crippen molar-refractivity contribution in [1.29, 1.82) is 0 Å². The maximum Gasteiger partial charge on any atom is 0.0164 e. The van der Waals surface area contributed by atoms with Crippen molar-refractivity contribution in [2.24, 2.45) is 0 Å². The average molecular weight is 224 g/mol. The van der Waals surface area contributed by atoms with E-state index in [9.17, 15) is 0 Å². The Labute approximate surface area is 96.8 Å². The van der Waals surface area contributed by atoms with Crippen molar-refractivity contribution in [3.05, 3.63) is 30.3 Å². The number of rotatable bonds is 7. The van der Waals surface area contributed by atoms with Crippen LogP contribution in [0.4, 0.5) is 0 Å². The SMILES string of the molecule is CNCC(C)NCCSc1ccccc1. The minimum absolute atomic E-state index is 0.548. The van der Waals surface area contributed by atoms with Crippen LogP contribution >= 0.6 is 11.8 Å². The highest BCUT2D eigenvalue weighted by Gasteiger charge is 1.98. The molecule has 0 saturated heterocycles. The molecule has 0 radical (unpaired) electrons. The smallest absolute Gasteiger partial charge is 0.0164 e. The normalized spacial score (nSPS) is 12.7. The highest BCUT2D eigenvalue weighted by molar-refractivity contribution is 7.99. The Morgan fingerprint density at radius 1 is 1.27 bits per heavy atom. The molecular weight excluding hydrogens is 204 g/mol. The van der Waals surface area contributed by atoms with Crippen LogP contribution in [0.3, 0.4) is 0 Å². The van der Waals surface area contributed by atoms with E-state index in [4.69, 9.17) is 0 Å². The molecule has 0 fully saturated rings. The lowest BCUT2D eigenvalue weighted by molar-refractivity contribution is 0.541. The number of thioether (sulfide) groups is 1. The van der Waals surface area contributed by atoms with Gasteiger partial charge in [0.15, 0.2) is 0 Å². The van der Waals surface area contributed by atoms with Gasteiger partial charge in [-0.2, -0.15) is 0 Å². The van der Waals surface area contributed by atoms with Gasteiger partial charge >= 0.3 is 0 Å². The van der Waals surface area contributed by atoms with E-state index >= 15 is 0 Å². The predicted molar refractivity (Wildman–Crippen MR) is 68.6 cm³/mol. The molecule has 1 unspecified atom stereocenters. The quantitative estimate of drug-likeness (QED) is 0.547. The predicted octanol–water partition coefficient (Wildman–Crippen LogP) is 1.98. The van der Waals surface area contributed by atoms with Crippen LogP contribution in [0.15, 0.2) is 35.2 Å². The summed E-state index contributed by atoms with van der Waals surface area (Å²) in [6.45, 7) is 4.28. The Morgan fingerprint density at radius 3 is 2.67 bits per heavy atom. The molecule has 0 aliphatic rings. The number of benzene rings is 1. The van der Waals surface area contributed by atoms with Gasteiger partial charge < -0.3 is 10.6 Å². The molecule has 1 aromatic carbocycles. The molecule has 1 rings (SSSR count). The molecule has 0 aliphatic heterocycles. The topological polar surface area (TPSA) is 24.1 Å². The summed E-state index contributed by atoms with van der Waals surface area (Å²) in [5, 5.41) is 6.63. The van der Waals surface area contributed by atoms with E-state index in [2.05, 4.69) is 47.9 Å². The van der Waals surface area contributed by atoms with E-state index in [0.29, 0.717) is 6.04 Å². The van der Waals surface area contributed by atoms with Crippen LogP contribution in [-0.2, 0) is 0 Å². The van der Waals surface area contributed by atoms with Gasteiger partial charge in [-0.1, -0.05) is 18.2 Å². The standard InChI is InChI=1S/C12H20N2S/c1-11(10-13-2)14-8-9-15-12-6-4-3-5-7-12/h3-7,11,13-14H,8-10H2,1-2H3. The summed E-state index contributed by atoms with van der Waals surface area (Å²) in [5.41, 5.74) is 0. The minimum Gasteiger partial charge on any atom is -0.318 e. The molecule has 0 saturated carbocycles. The minimum atomic E-state index is 0.548. The van der Waals surface area contributed by atoms with Crippen molar-refractivity contribution in [2.45, 2.75) is 17.9 Å². The monoisotopic (exact) mass is 224 g/mol. The van der Waals surface area contributed by atoms with Crippen LogP contribution in [0.2, 0.25) is 0 Å². The number of likely N-dealkylation sites (N-methyl/N-ethyl adjacent to an activating group) is 1. The first-order chi connectivity index (χ1) is 7.33. The van der Waals surface area contributed by atoms with Gasteiger partial charge in [0.25, 0.3) is 0 Å². The van der Waals surface area contributed by atoms with Gasteiger partial charge in [0.2, 0.25) is 0 Å². The first kappa shape index (κ1) is 12.6. The van der Waals surface area contributed by atoms with Crippen molar-refractivity contribution >= 4 is 11.8 Å². The third-order valence-corrected chi connectivity index (χ3v) is 3.13. The van der Waals surface area contributed by atoms with Crippen LogP contribution in [-0.4, -0.2) is 31.9 Å². The second-order valence-corrected chi connectivity index (χ2v) is 4.74. The highest BCUT2D eigenvalue weighted by atomic mass is 32.2. The lowest BCUT2D eigenvalue weighted by Gasteiger charge is -2.12. The molecule has 0 amide bonds. The number of nitrogens with one attached hydrogen (secondary N) is 2. The maximum absolute atomic E-state index is 3.47. The molecule has 2 nitrogen and oxygen atoms in total. The fourth-order valence-corrected chi connectivity index (χ4v) is 2.17. The third kappa shape index (κ3) is 5.82. The summed E-state index contributed by atoms with van der Waals surface area (Å²) in [4.78, 5) is 1.35. The summed E-state index contributed by atoms with van der Waals surface area (Å²) in [7, 11) is 1.98. The molecule has 2 N–H and O–H groups in total. The zero-order chi connectivity index (χ0) is 10.9. The molecular formula is C12H20N2S. The molecule has 1 atom stereocenters. The molecule has 0 spiro atoms. The van der Waals surface area contributed by atoms with Gasteiger partial charge in [-0.15, -0.1) is 11.8 Å². The first-order valence-electron chi connectivity index (χ1n) is 5.38. The molecule has 1 aromatic rings. The fourth-order valence-electron chi connectivity index (χ4n) is 1.37. The van der Waals surface area contributed by atoms with Gasteiger partial charge in [0.05, 0.1) is 0 Å². The van der Waals surface area contributed by atoms with Crippen molar-refractivity contribution < 1.29 is 0 Å². The van der Waals surface area contributed by atoms with Gasteiger partial charge in [-0.05, 0) is 26.1 Å². The van der Waals surface area contributed by atoms with Crippen LogP contribution in [0.25, 0.3) is 0 Å². The van der Waals surface area contributed by atoms with Crippen LogP contribution in [0, 0.1) is 0 Å². The van der Waals surface area contributed by atoms with E-state index in [1.165, 1.54) is 4.90 Å². The average Bonchev–Trinajstić information content (AvgIpc) is 2.26. The van der Waals surface area contributed by atoms with E-state index in [-0.39, 0.29) is 0 Å². The molecule has 3 heteroatoms. The van der Waals surface area contributed by atoms with Gasteiger partial charge in [-0.3, -0.25) is 0 Å². The Morgan fingerprint density at radius 2 is 2.00 bits per heavy atom. The van der Waals surface area contributed by atoms with Gasteiger partial charge in [-0.25, -0.2) is 0 Å². The molecule has 0 aliphatic carbocycles. The van der Waals surface area contributed by atoms with Gasteiger partial charge in [0.1, 0.15) is 0 Å². The van der Waals surface area contributed by atoms with E-state index in [0.717, 1.165) is 18.8 Å². The number of hydrogen-bond donors (Lipinski definition) is 2. The van der Waals surface area contributed by atoms with Crippen molar-refractivity contribution in [1.82, 2.24) is 10.6 Å². The lowest BCUT2D eigenvalue weighted by Crippen LogP contribution is -2.36. The summed E-state index contributed by atoms with van der Waals surface area (Å²) >= 11 is 1.90. The highest BCUT2D eigenvalue weighted by Crippen LogP contribution is 2.15. The molecule has 0 aromatic heterocycles. The Bertz CT molecular complexity index is 251. The second-order valence-electron chi connectivity index (χ2n) is 3.57. The molecule has 84 valence electrons. The zero-order valence-corrected chi connectivity index (χ0v) is 10.3. The summed E-state index contributed by atoms with van der Waals surface area (Å²) in [6.07, 6.45) is 0. The van der Waals surface area contributed by atoms with E-state index in [1.54, 1.807) is 0 Å². The van der Waals surface area contributed by atoms with E-state index in [1.807, 2.05) is 18.8 Å². The summed E-state index contributed by atoms with van der Waals surface area (Å²) in [6, 6.07) is 11.1. The summed E-state index contributed by atoms with van der Waals surface area (Å²) in [5.74, 6) is 1.12. The fraction of sp³-hybridized carbons (Fsp3) is 0.500. The Kier molecular flexibility index (Phi) is 6.48. The molecule has 0 bridgehead atoms. The van der Waals surface area contributed by atoms with Crippen LogP contribution in [0.1, 0.15) is 6.92 Å². The van der Waals surface area contributed by atoms with Gasteiger partial charge in [0, 0.05) is 29.8 Å². The molecule has 15 heavy (non-hydrogen) atoms. The van der Waals surface area contributed by atoms with Crippen molar-refractivity contribution in [3.63, 3.8) is 0 Å². The molecule has 0 heterocycles. The Hall–Kier alpha value is -0.510. The van der Waals surface area contributed by atoms with Crippen molar-refractivity contribution in [2.75, 3.05) is 25.9 Å². The largest absolute Gasteiger partial charge is 0.318 e. The second kappa shape index (κ2) is 7.74. The Balaban J connectivity index is 2.07. The maximum atomic E-state index is 3.47. The first-order valence-corrected chi connectivity index (χ1v) is 6.37. The van der Waals surface area contributed by atoms with Crippen LogP contribution < -0.4 is 10.6 Å². The lowest BCUT2D eigenvalue weighted by atomic mass is 10.3.